The molecule has 0 spiro atoms. The molecule has 2 unspecified atom stereocenters. The molecule has 18 heavy (non-hydrogen) atoms. The third kappa shape index (κ3) is 3.07. The van der Waals surface area contributed by atoms with Crippen LogP contribution in [0.2, 0.25) is 0 Å². The Kier molecular flexibility index (Phi) is 3.96. The van der Waals surface area contributed by atoms with Gasteiger partial charge in [0.05, 0.1) is 5.54 Å². The lowest BCUT2D eigenvalue weighted by Crippen LogP contribution is -2.56. The van der Waals surface area contributed by atoms with Crippen molar-refractivity contribution in [2.75, 3.05) is 6.54 Å². The molecule has 1 aliphatic rings. The maximum Gasteiger partial charge on any atom is 0.240 e. The number of nitrogens with one attached hydrogen (secondary N) is 1. The van der Waals surface area contributed by atoms with E-state index < -0.39 is 5.54 Å². The van der Waals surface area contributed by atoms with E-state index in [-0.39, 0.29) is 5.91 Å². The van der Waals surface area contributed by atoms with Gasteiger partial charge in [0.25, 0.3) is 0 Å². The van der Waals surface area contributed by atoms with Crippen molar-refractivity contribution in [3.63, 3.8) is 0 Å². The highest BCUT2D eigenvalue weighted by molar-refractivity contribution is 5.86. The summed E-state index contributed by atoms with van der Waals surface area (Å²) < 4.78 is 4.62. The third-order valence-corrected chi connectivity index (χ3v) is 3.53. The van der Waals surface area contributed by atoms with Gasteiger partial charge in [-0.2, -0.15) is 4.98 Å². The topological polar surface area (TPSA) is 94.0 Å². The van der Waals surface area contributed by atoms with Gasteiger partial charge in [0.15, 0.2) is 5.82 Å². The van der Waals surface area contributed by atoms with E-state index in [0.717, 1.165) is 25.7 Å². The van der Waals surface area contributed by atoms with Crippen molar-refractivity contribution in [1.29, 1.82) is 0 Å². The summed E-state index contributed by atoms with van der Waals surface area (Å²) in [6.45, 7) is 2.64. The van der Waals surface area contributed by atoms with E-state index in [4.69, 9.17) is 5.73 Å². The largest absolute Gasteiger partial charge is 0.354 e. The van der Waals surface area contributed by atoms with Gasteiger partial charge < -0.3 is 15.6 Å². The number of hydrogen-bond acceptors (Lipinski definition) is 5. The SMILES string of the molecule is CC1CCCC(N)(C(=O)NCCc2ncon2)C1. The van der Waals surface area contributed by atoms with Crippen molar-refractivity contribution >= 4 is 5.91 Å². The molecule has 3 N–H and O–H groups in total. The predicted molar refractivity (Wildman–Crippen MR) is 65.6 cm³/mol. The Hall–Kier alpha value is -1.43. The van der Waals surface area contributed by atoms with Crippen LogP contribution in [0.5, 0.6) is 0 Å². The first-order valence-corrected chi connectivity index (χ1v) is 6.42. The standard InChI is InChI=1S/C12H20N4O2/c1-9-3-2-5-12(13,7-9)11(17)14-6-4-10-15-8-18-16-10/h8-9H,2-7,13H2,1H3,(H,14,17). The summed E-state index contributed by atoms with van der Waals surface area (Å²) in [6.07, 6.45) is 5.57. The molecule has 1 heterocycles. The number of carbonyl (C=O) groups is 1. The van der Waals surface area contributed by atoms with Gasteiger partial charge >= 0.3 is 0 Å². The number of aromatic nitrogens is 2. The molecule has 0 aliphatic heterocycles. The van der Waals surface area contributed by atoms with Crippen LogP contribution in [0.1, 0.15) is 38.4 Å². The minimum absolute atomic E-state index is 0.0578. The van der Waals surface area contributed by atoms with Gasteiger partial charge in [-0.1, -0.05) is 24.9 Å². The van der Waals surface area contributed by atoms with Crippen molar-refractivity contribution < 1.29 is 9.32 Å². The number of carbonyl (C=O) groups excluding carboxylic acids is 1. The molecule has 2 atom stereocenters. The van der Waals surface area contributed by atoms with Crippen LogP contribution in [-0.4, -0.2) is 28.1 Å². The lowest BCUT2D eigenvalue weighted by Gasteiger charge is -2.35. The van der Waals surface area contributed by atoms with Crippen LogP contribution in [0.15, 0.2) is 10.9 Å². The zero-order valence-corrected chi connectivity index (χ0v) is 10.7. The normalized spacial score (nSPS) is 28.0. The van der Waals surface area contributed by atoms with E-state index in [1.54, 1.807) is 0 Å². The highest BCUT2D eigenvalue weighted by atomic mass is 16.5. The Morgan fingerprint density at radius 2 is 2.56 bits per heavy atom. The first-order valence-electron chi connectivity index (χ1n) is 6.42. The minimum Gasteiger partial charge on any atom is -0.354 e. The van der Waals surface area contributed by atoms with Gasteiger partial charge in [-0.25, -0.2) is 0 Å². The van der Waals surface area contributed by atoms with Crippen molar-refractivity contribution in [3.05, 3.63) is 12.2 Å². The molecule has 1 aliphatic carbocycles. The molecule has 0 saturated heterocycles. The van der Waals surface area contributed by atoms with Gasteiger partial charge in [-0.3, -0.25) is 4.79 Å². The number of amides is 1. The Balaban J connectivity index is 1.80. The summed E-state index contributed by atoms with van der Waals surface area (Å²) in [6, 6.07) is 0. The van der Waals surface area contributed by atoms with E-state index in [2.05, 4.69) is 26.9 Å². The quantitative estimate of drug-likeness (QED) is 0.820. The van der Waals surface area contributed by atoms with E-state index in [1.165, 1.54) is 6.39 Å². The molecule has 1 aromatic rings. The maximum atomic E-state index is 12.1. The summed E-state index contributed by atoms with van der Waals surface area (Å²) in [4.78, 5) is 16.0. The second-order valence-electron chi connectivity index (χ2n) is 5.21. The van der Waals surface area contributed by atoms with Crippen molar-refractivity contribution in [2.24, 2.45) is 11.7 Å². The third-order valence-electron chi connectivity index (χ3n) is 3.53. The summed E-state index contributed by atoms with van der Waals surface area (Å²) >= 11 is 0. The van der Waals surface area contributed by atoms with Gasteiger partial charge in [0, 0.05) is 13.0 Å². The average molecular weight is 252 g/mol. The predicted octanol–water partition coefficient (Wildman–Crippen LogP) is 0.636. The lowest BCUT2D eigenvalue weighted by atomic mass is 9.76. The van der Waals surface area contributed by atoms with Crippen LogP contribution in [0.4, 0.5) is 0 Å². The molecular weight excluding hydrogens is 232 g/mol. The summed E-state index contributed by atoms with van der Waals surface area (Å²) in [5.41, 5.74) is 5.49. The molecule has 0 radical (unpaired) electrons. The molecule has 100 valence electrons. The Labute approximate surface area is 106 Å². The lowest BCUT2D eigenvalue weighted by molar-refractivity contribution is -0.128. The Morgan fingerprint density at radius 1 is 1.72 bits per heavy atom. The molecule has 0 bridgehead atoms. The van der Waals surface area contributed by atoms with Crippen LogP contribution >= 0.6 is 0 Å². The molecule has 2 rings (SSSR count). The summed E-state index contributed by atoms with van der Waals surface area (Å²) in [5, 5.41) is 6.55. The molecule has 0 aromatic carbocycles. The number of nitrogens with two attached hydrogens (primary N) is 1. The summed E-state index contributed by atoms with van der Waals surface area (Å²) in [5.74, 6) is 1.06. The van der Waals surface area contributed by atoms with Crippen LogP contribution in [0.25, 0.3) is 0 Å². The molecule has 1 saturated carbocycles. The average Bonchev–Trinajstić information content (AvgIpc) is 2.81. The molecule has 1 aromatic heterocycles. The van der Waals surface area contributed by atoms with Gasteiger partial charge in [-0.05, 0) is 18.8 Å². The van der Waals surface area contributed by atoms with E-state index >= 15 is 0 Å². The van der Waals surface area contributed by atoms with Crippen molar-refractivity contribution in [1.82, 2.24) is 15.5 Å². The monoisotopic (exact) mass is 252 g/mol. The Bertz CT molecular complexity index is 393. The second kappa shape index (κ2) is 5.48. The minimum atomic E-state index is -0.699. The van der Waals surface area contributed by atoms with E-state index in [1.807, 2.05) is 0 Å². The van der Waals surface area contributed by atoms with Crippen LogP contribution in [0.3, 0.4) is 0 Å². The Morgan fingerprint density at radius 3 is 3.22 bits per heavy atom. The first kappa shape index (κ1) is 13.0. The molecular formula is C12H20N4O2. The van der Waals surface area contributed by atoms with Crippen molar-refractivity contribution in [2.45, 2.75) is 44.6 Å². The molecule has 1 amide bonds. The second-order valence-corrected chi connectivity index (χ2v) is 5.21. The fraction of sp³-hybridized carbons (Fsp3) is 0.750. The first-order chi connectivity index (χ1) is 8.60. The zero-order valence-electron chi connectivity index (χ0n) is 10.7. The van der Waals surface area contributed by atoms with Gasteiger partial charge in [0.1, 0.15) is 0 Å². The van der Waals surface area contributed by atoms with E-state index in [0.29, 0.717) is 24.7 Å². The highest BCUT2D eigenvalue weighted by Gasteiger charge is 2.37. The van der Waals surface area contributed by atoms with Gasteiger partial charge in [0.2, 0.25) is 12.3 Å². The molecule has 6 heteroatoms. The number of hydrogen-bond donors (Lipinski definition) is 2. The number of nitrogens with zero attached hydrogens (tertiary/aromatic N) is 2. The summed E-state index contributed by atoms with van der Waals surface area (Å²) in [7, 11) is 0. The van der Waals surface area contributed by atoms with Crippen molar-refractivity contribution in [3.8, 4) is 0 Å². The smallest absolute Gasteiger partial charge is 0.240 e. The maximum absolute atomic E-state index is 12.1. The molecule has 1 fully saturated rings. The van der Waals surface area contributed by atoms with Crippen LogP contribution in [-0.2, 0) is 11.2 Å². The number of rotatable bonds is 4. The highest BCUT2D eigenvalue weighted by Crippen LogP contribution is 2.30. The van der Waals surface area contributed by atoms with Crippen LogP contribution < -0.4 is 11.1 Å². The fourth-order valence-corrected chi connectivity index (χ4v) is 2.56. The molecule has 6 nitrogen and oxygen atoms in total. The van der Waals surface area contributed by atoms with Gasteiger partial charge in [-0.15, -0.1) is 0 Å². The zero-order chi connectivity index (χ0) is 13.0. The van der Waals surface area contributed by atoms with Crippen LogP contribution in [0, 0.1) is 5.92 Å². The fourth-order valence-electron chi connectivity index (χ4n) is 2.56. The van der Waals surface area contributed by atoms with E-state index in [9.17, 15) is 4.79 Å².